The number of rotatable bonds is 4. The number of ether oxygens (including phenoxy) is 1. The molecule has 7 nitrogen and oxygen atoms in total. The minimum absolute atomic E-state index is 0.109. The lowest BCUT2D eigenvalue weighted by molar-refractivity contribution is -0.134. The number of amides is 1. The van der Waals surface area contributed by atoms with E-state index in [1.54, 1.807) is 34.1 Å². The summed E-state index contributed by atoms with van der Waals surface area (Å²) in [6, 6.07) is 5.79. The minimum Gasteiger partial charge on any atom is -0.484 e. The van der Waals surface area contributed by atoms with E-state index >= 15 is 0 Å². The summed E-state index contributed by atoms with van der Waals surface area (Å²) in [6.45, 7) is 1.13. The smallest absolute Gasteiger partial charge is 0.260 e. The van der Waals surface area contributed by atoms with Crippen molar-refractivity contribution in [2.45, 2.75) is 18.8 Å². The average Bonchev–Trinajstić information content (AvgIpc) is 3.03. The molecule has 1 aromatic carbocycles. The second-order valence-corrected chi connectivity index (χ2v) is 6.66. The first-order valence-electron chi connectivity index (χ1n) is 8.91. The number of carbonyl (C=O) groups is 1. The van der Waals surface area contributed by atoms with Gasteiger partial charge in [0.25, 0.3) is 5.91 Å². The van der Waals surface area contributed by atoms with Gasteiger partial charge in [-0.2, -0.15) is 5.10 Å². The van der Waals surface area contributed by atoms with Gasteiger partial charge in [-0.15, -0.1) is 0 Å². The lowest BCUT2D eigenvalue weighted by Gasteiger charge is -2.32. The molecule has 0 unspecified atom stereocenters. The first kappa shape index (κ1) is 17.4. The van der Waals surface area contributed by atoms with E-state index in [1.165, 1.54) is 12.1 Å². The van der Waals surface area contributed by atoms with Crippen LogP contribution in [-0.4, -0.2) is 50.3 Å². The maximum absolute atomic E-state index is 13.2. The third-order valence-corrected chi connectivity index (χ3v) is 4.80. The Morgan fingerprint density at radius 2 is 2.19 bits per heavy atom. The molecule has 0 radical (unpaired) electrons. The zero-order chi connectivity index (χ0) is 18.8. The molecule has 1 fully saturated rings. The van der Waals surface area contributed by atoms with Crippen LogP contribution in [0.3, 0.4) is 0 Å². The van der Waals surface area contributed by atoms with Crippen molar-refractivity contribution in [3.63, 3.8) is 0 Å². The normalized spacial score (nSPS) is 17.3. The predicted molar refractivity (Wildman–Crippen MR) is 96.8 cm³/mol. The summed E-state index contributed by atoms with van der Waals surface area (Å²) in [6.07, 6.45) is 5.13. The number of piperidine rings is 1. The number of hydrogen-bond donors (Lipinski definition) is 0. The Kier molecular flexibility index (Phi) is 4.70. The number of halogens is 1. The fraction of sp³-hybridized carbons (Fsp3) is 0.368. The standard InChI is InChI=1S/C19H20FN5O2/c1-24-19-18(21-7-8-22-19)17(23-24)13-4-3-9-25(11-13)16(26)12-27-15-6-2-5-14(20)10-15/h2,5-8,10,13H,3-4,9,11-12H2,1H3/t13-/m1/s1. The first-order chi connectivity index (χ1) is 13.1. The molecule has 140 valence electrons. The van der Waals surface area contributed by atoms with Crippen molar-refractivity contribution in [1.82, 2.24) is 24.6 Å². The van der Waals surface area contributed by atoms with Gasteiger partial charge in [0, 0.05) is 44.5 Å². The zero-order valence-electron chi connectivity index (χ0n) is 15.0. The molecule has 1 atom stereocenters. The lowest BCUT2D eigenvalue weighted by atomic mass is 9.94. The van der Waals surface area contributed by atoms with Crippen LogP contribution < -0.4 is 4.74 Å². The van der Waals surface area contributed by atoms with E-state index in [0.29, 0.717) is 18.8 Å². The first-order valence-corrected chi connectivity index (χ1v) is 8.91. The van der Waals surface area contributed by atoms with Gasteiger partial charge >= 0.3 is 0 Å². The highest BCUT2D eigenvalue weighted by Crippen LogP contribution is 2.29. The number of nitrogens with zero attached hydrogens (tertiary/aromatic N) is 5. The number of aromatic nitrogens is 4. The number of hydrogen-bond acceptors (Lipinski definition) is 5. The van der Waals surface area contributed by atoms with Gasteiger partial charge < -0.3 is 9.64 Å². The van der Waals surface area contributed by atoms with Crippen molar-refractivity contribution in [1.29, 1.82) is 0 Å². The van der Waals surface area contributed by atoms with Crippen molar-refractivity contribution < 1.29 is 13.9 Å². The molecule has 0 bridgehead atoms. The van der Waals surface area contributed by atoms with E-state index < -0.39 is 0 Å². The third kappa shape index (κ3) is 3.60. The van der Waals surface area contributed by atoms with Crippen molar-refractivity contribution in [2.24, 2.45) is 7.05 Å². The largest absolute Gasteiger partial charge is 0.484 e. The van der Waals surface area contributed by atoms with E-state index in [-0.39, 0.29) is 24.2 Å². The monoisotopic (exact) mass is 369 g/mol. The Bertz CT molecular complexity index is 974. The Balaban J connectivity index is 1.45. The number of fused-ring (bicyclic) bond motifs is 1. The summed E-state index contributed by atoms with van der Waals surface area (Å²) in [4.78, 5) is 23.1. The molecule has 0 spiro atoms. The second kappa shape index (κ2) is 7.30. The summed E-state index contributed by atoms with van der Waals surface area (Å²) in [5.74, 6) is -0.0448. The van der Waals surface area contributed by atoms with Crippen molar-refractivity contribution in [3.8, 4) is 5.75 Å². The van der Waals surface area contributed by atoms with Crippen LogP contribution >= 0.6 is 0 Å². The van der Waals surface area contributed by atoms with Crippen molar-refractivity contribution in [2.75, 3.05) is 19.7 Å². The van der Waals surface area contributed by atoms with Crippen LogP contribution in [0.2, 0.25) is 0 Å². The van der Waals surface area contributed by atoms with Gasteiger partial charge in [0.15, 0.2) is 12.3 Å². The topological polar surface area (TPSA) is 73.1 Å². The van der Waals surface area contributed by atoms with E-state index in [4.69, 9.17) is 4.74 Å². The lowest BCUT2D eigenvalue weighted by Crippen LogP contribution is -2.41. The molecule has 3 heterocycles. The summed E-state index contributed by atoms with van der Waals surface area (Å²) >= 11 is 0. The molecule has 27 heavy (non-hydrogen) atoms. The van der Waals surface area contributed by atoms with Crippen LogP contribution in [-0.2, 0) is 11.8 Å². The SMILES string of the molecule is Cn1nc([C@@H]2CCCN(C(=O)COc3cccc(F)c3)C2)c2nccnc21. The highest BCUT2D eigenvalue weighted by atomic mass is 19.1. The highest BCUT2D eigenvalue weighted by Gasteiger charge is 2.29. The van der Waals surface area contributed by atoms with Gasteiger partial charge in [-0.1, -0.05) is 6.07 Å². The van der Waals surface area contributed by atoms with Gasteiger partial charge in [0.2, 0.25) is 0 Å². The minimum atomic E-state index is -0.388. The maximum Gasteiger partial charge on any atom is 0.260 e. The van der Waals surface area contributed by atoms with E-state index in [9.17, 15) is 9.18 Å². The summed E-state index contributed by atoms with van der Waals surface area (Å²) < 4.78 is 20.4. The van der Waals surface area contributed by atoms with E-state index in [2.05, 4.69) is 15.1 Å². The molecule has 0 saturated carbocycles. The quantitative estimate of drug-likeness (QED) is 0.705. The predicted octanol–water partition coefficient (Wildman–Crippen LogP) is 2.29. The summed E-state index contributed by atoms with van der Waals surface area (Å²) in [5, 5.41) is 4.59. The Morgan fingerprint density at radius 3 is 3.04 bits per heavy atom. The van der Waals surface area contributed by atoms with Gasteiger partial charge in [-0.3, -0.25) is 4.79 Å². The summed E-state index contributed by atoms with van der Waals surface area (Å²) in [5.41, 5.74) is 2.41. The van der Waals surface area contributed by atoms with Gasteiger partial charge in [0.1, 0.15) is 17.1 Å². The molecule has 3 aromatic rings. The molecule has 8 heteroatoms. The highest BCUT2D eigenvalue weighted by molar-refractivity contribution is 5.78. The molecule has 1 amide bonds. The molecule has 1 aliphatic rings. The fourth-order valence-electron chi connectivity index (χ4n) is 3.50. The van der Waals surface area contributed by atoms with E-state index in [0.717, 1.165) is 29.7 Å². The van der Waals surface area contributed by atoms with Crippen LogP contribution in [0.15, 0.2) is 36.7 Å². The Labute approximate surface area is 155 Å². The van der Waals surface area contributed by atoms with Crippen molar-refractivity contribution in [3.05, 3.63) is 48.2 Å². The second-order valence-electron chi connectivity index (χ2n) is 6.66. The zero-order valence-corrected chi connectivity index (χ0v) is 15.0. The van der Waals surface area contributed by atoms with Crippen molar-refractivity contribution >= 4 is 17.1 Å². The van der Waals surface area contributed by atoms with E-state index in [1.807, 2.05) is 7.05 Å². The number of carbonyl (C=O) groups excluding carboxylic acids is 1. The van der Waals surface area contributed by atoms with Crippen LogP contribution in [0.1, 0.15) is 24.5 Å². The molecular formula is C19H20FN5O2. The van der Waals surface area contributed by atoms with Crippen LogP contribution in [0.25, 0.3) is 11.2 Å². The molecule has 0 N–H and O–H groups in total. The van der Waals surface area contributed by atoms with Crippen LogP contribution in [0, 0.1) is 5.82 Å². The number of likely N-dealkylation sites (tertiary alicyclic amines) is 1. The van der Waals surface area contributed by atoms with Gasteiger partial charge in [-0.05, 0) is 25.0 Å². The molecular weight excluding hydrogens is 349 g/mol. The Hall–Kier alpha value is -3.03. The molecule has 1 aliphatic heterocycles. The summed E-state index contributed by atoms with van der Waals surface area (Å²) in [7, 11) is 1.85. The molecule has 1 saturated heterocycles. The van der Waals surface area contributed by atoms with Gasteiger partial charge in [0.05, 0.1) is 5.69 Å². The molecule has 4 rings (SSSR count). The molecule has 0 aliphatic carbocycles. The molecule has 2 aromatic heterocycles. The van der Waals surface area contributed by atoms with Gasteiger partial charge in [-0.25, -0.2) is 19.0 Å². The average molecular weight is 369 g/mol. The number of aryl methyl sites for hydroxylation is 1. The van der Waals surface area contributed by atoms with Crippen LogP contribution in [0.4, 0.5) is 4.39 Å². The maximum atomic E-state index is 13.2. The third-order valence-electron chi connectivity index (χ3n) is 4.80. The number of benzene rings is 1. The van der Waals surface area contributed by atoms with Crippen LogP contribution in [0.5, 0.6) is 5.75 Å². The Morgan fingerprint density at radius 1 is 1.33 bits per heavy atom. The fourth-order valence-corrected chi connectivity index (χ4v) is 3.50.